The van der Waals surface area contributed by atoms with Crippen LogP contribution >= 0.6 is 0 Å². The number of ether oxygens (including phenoxy) is 1. The maximum atomic E-state index is 5.66. The molecule has 0 aromatic carbocycles. The van der Waals surface area contributed by atoms with Crippen LogP contribution in [0.15, 0.2) is 12.3 Å². The lowest BCUT2D eigenvalue weighted by atomic mass is 10.1. The highest BCUT2D eigenvalue weighted by Gasteiger charge is 2.20. The number of nitrogens with zero attached hydrogens (tertiary/aromatic N) is 1. The molecule has 3 heteroatoms. The molecule has 0 radical (unpaired) electrons. The quantitative estimate of drug-likeness (QED) is 0.675. The van der Waals surface area contributed by atoms with Crippen LogP contribution in [-0.2, 0) is 4.74 Å². The van der Waals surface area contributed by atoms with Gasteiger partial charge >= 0.3 is 0 Å². The fraction of sp³-hybridized carbons (Fsp3) is 0.800. The molecule has 3 nitrogen and oxygen atoms in total. The van der Waals surface area contributed by atoms with E-state index >= 15 is 0 Å². The minimum absolute atomic E-state index is 0.186. The van der Waals surface area contributed by atoms with Crippen LogP contribution in [0.1, 0.15) is 32.6 Å². The lowest BCUT2D eigenvalue weighted by molar-refractivity contribution is -0.0887. The van der Waals surface area contributed by atoms with Crippen molar-refractivity contribution in [3.63, 3.8) is 0 Å². The molecule has 1 N–H and O–H groups in total. The molecule has 0 amide bonds. The maximum Gasteiger partial charge on any atom is 0.143 e. The van der Waals surface area contributed by atoms with Gasteiger partial charge in [-0.3, -0.25) is 5.01 Å². The molecule has 13 heavy (non-hydrogen) atoms. The number of nitrogens with one attached hydrogen (secondary N) is 1. The van der Waals surface area contributed by atoms with E-state index < -0.39 is 0 Å². The van der Waals surface area contributed by atoms with Gasteiger partial charge in [0.1, 0.15) is 6.23 Å². The third-order valence-electron chi connectivity index (χ3n) is 2.43. The minimum atomic E-state index is 0.186. The highest BCUT2D eigenvalue weighted by molar-refractivity contribution is 4.92. The molecule has 1 fully saturated rings. The number of allylic oxidation sites excluding steroid dienone is 1. The highest BCUT2D eigenvalue weighted by atomic mass is 16.5. The first-order valence-electron chi connectivity index (χ1n) is 5.05. The molecular weight excluding hydrogens is 164 g/mol. The van der Waals surface area contributed by atoms with Crippen LogP contribution in [0, 0.1) is 0 Å². The summed E-state index contributed by atoms with van der Waals surface area (Å²) in [6, 6.07) is 0. The van der Waals surface area contributed by atoms with Crippen molar-refractivity contribution < 1.29 is 4.74 Å². The largest absolute Gasteiger partial charge is 0.357 e. The lowest BCUT2D eigenvalue weighted by Gasteiger charge is -2.35. The van der Waals surface area contributed by atoms with E-state index in [9.17, 15) is 0 Å². The van der Waals surface area contributed by atoms with Crippen molar-refractivity contribution in [2.75, 3.05) is 13.7 Å². The van der Waals surface area contributed by atoms with Crippen molar-refractivity contribution in [2.24, 2.45) is 0 Å². The van der Waals surface area contributed by atoms with Crippen LogP contribution in [0.5, 0.6) is 0 Å². The molecule has 0 spiro atoms. The standard InChI is InChI=1S/C10H20N2O/c1-4-9(2)12(11-3)10-7-5-6-8-13-10/h10-11H,2,4-8H2,1,3H3. The normalized spacial score (nSPS) is 22.8. The van der Waals surface area contributed by atoms with Crippen LogP contribution < -0.4 is 5.43 Å². The topological polar surface area (TPSA) is 24.5 Å². The molecule has 0 aromatic rings. The van der Waals surface area contributed by atoms with Gasteiger partial charge in [0, 0.05) is 19.4 Å². The zero-order valence-electron chi connectivity index (χ0n) is 8.68. The van der Waals surface area contributed by atoms with E-state index in [1.54, 1.807) is 0 Å². The van der Waals surface area contributed by atoms with Gasteiger partial charge in [-0.15, -0.1) is 0 Å². The summed E-state index contributed by atoms with van der Waals surface area (Å²) in [4.78, 5) is 0. The van der Waals surface area contributed by atoms with Crippen molar-refractivity contribution in [2.45, 2.75) is 38.8 Å². The number of hydrogen-bond acceptors (Lipinski definition) is 3. The monoisotopic (exact) mass is 184 g/mol. The van der Waals surface area contributed by atoms with Crippen molar-refractivity contribution in [1.29, 1.82) is 0 Å². The molecule has 1 aliphatic rings. The minimum Gasteiger partial charge on any atom is -0.357 e. The Balaban J connectivity index is 2.48. The average Bonchev–Trinajstić information content (AvgIpc) is 2.20. The second kappa shape index (κ2) is 5.25. The average molecular weight is 184 g/mol. The van der Waals surface area contributed by atoms with Crippen molar-refractivity contribution in [3.8, 4) is 0 Å². The van der Waals surface area contributed by atoms with Gasteiger partial charge in [-0.25, -0.2) is 5.43 Å². The molecular formula is C10H20N2O. The predicted octanol–water partition coefficient (Wildman–Crippen LogP) is 1.87. The summed E-state index contributed by atoms with van der Waals surface area (Å²) in [5.41, 5.74) is 4.22. The summed E-state index contributed by atoms with van der Waals surface area (Å²) in [7, 11) is 1.92. The van der Waals surface area contributed by atoms with E-state index in [1.165, 1.54) is 12.8 Å². The summed E-state index contributed by atoms with van der Waals surface area (Å²) < 4.78 is 5.66. The third kappa shape index (κ3) is 2.71. The van der Waals surface area contributed by atoms with Crippen LogP contribution in [0.4, 0.5) is 0 Å². The maximum absolute atomic E-state index is 5.66. The second-order valence-corrected chi connectivity index (χ2v) is 3.33. The van der Waals surface area contributed by atoms with E-state index in [0.717, 1.165) is 25.1 Å². The Morgan fingerprint density at radius 3 is 2.85 bits per heavy atom. The van der Waals surface area contributed by atoms with Crippen molar-refractivity contribution >= 4 is 0 Å². The Labute approximate surface area is 80.7 Å². The van der Waals surface area contributed by atoms with Gasteiger partial charge < -0.3 is 4.74 Å². The summed E-state index contributed by atoms with van der Waals surface area (Å²) in [5, 5.41) is 2.04. The summed E-state index contributed by atoms with van der Waals surface area (Å²) in [5.74, 6) is 0. The molecule has 0 bridgehead atoms. The molecule has 76 valence electrons. The van der Waals surface area contributed by atoms with E-state index in [4.69, 9.17) is 4.74 Å². The first kappa shape index (κ1) is 10.5. The summed E-state index contributed by atoms with van der Waals surface area (Å²) in [6.07, 6.45) is 4.68. The van der Waals surface area contributed by atoms with Gasteiger partial charge in [0.2, 0.25) is 0 Å². The third-order valence-corrected chi connectivity index (χ3v) is 2.43. The van der Waals surface area contributed by atoms with Crippen LogP contribution in [0.25, 0.3) is 0 Å². The fourth-order valence-corrected chi connectivity index (χ4v) is 1.60. The second-order valence-electron chi connectivity index (χ2n) is 3.33. The number of rotatable bonds is 4. The highest BCUT2D eigenvalue weighted by Crippen LogP contribution is 2.18. The molecule has 0 aliphatic carbocycles. The first-order chi connectivity index (χ1) is 6.29. The Morgan fingerprint density at radius 1 is 1.62 bits per heavy atom. The number of hydrazine groups is 1. The molecule has 0 aromatic heterocycles. The SMILES string of the molecule is C=C(CC)N(NC)C1CCCCO1. The molecule has 0 saturated carbocycles. The van der Waals surface area contributed by atoms with Gasteiger partial charge in [-0.05, 0) is 25.7 Å². The predicted molar refractivity (Wildman–Crippen MR) is 53.9 cm³/mol. The van der Waals surface area contributed by atoms with E-state index in [1.807, 2.05) is 12.1 Å². The smallest absolute Gasteiger partial charge is 0.143 e. The Kier molecular flexibility index (Phi) is 4.25. The van der Waals surface area contributed by atoms with E-state index in [0.29, 0.717) is 0 Å². The van der Waals surface area contributed by atoms with Crippen LogP contribution in [0.2, 0.25) is 0 Å². The summed E-state index contributed by atoms with van der Waals surface area (Å²) in [6.45, 7) is 6.98. The molecule has 1 rings (SSSR count). The molecule has 1 saturated heterocycles. The van der Waals surface area contributed by atoms with Gasteiger partial charge in [-0.1, -0.05) is 13.5 Å². The van der Waals surface area contributed by atoms with Crippen LogP contribution in [-0.4, -0.2) is 24.9 Å². The lowest BCUT2D eigenvalue weighted by Crippen LogP contribution is -2.45. The van der Waals surface area contributed by atoms with Crippen molar-refractivity contribution in [1.82, 2.24) is 10.4 Å². The Bertz CT molecular complexity index is 164. The molecule has 1 unspecified atom stereocenters. The molecule has 1 aliphatic heterocycles. The summed E-state index contributed by atoms with van der Waals surface area (Å²) >= 11 is 0. The van der Waals surface area contributed by atoms with Gasteiger partial charge in [0.05, 0.1) is 0 Å². The van der Waals surface area contributed by atoms with Gasteiger partial charge in [-0.2, -0.15) is 0 Å². The molecule has 1 heterocycles. The zero-order chi connectivity index (χ0) is 9.68. The van der Waals surface area contributed by atoms with E-state index in [2.05, 4.69) is 18.9 Å². The Morgan fingerprint density at radius 2 is 2.38 bits per heavy atom. The zero-order valence-corrected chi connectivity index (χ0v) is 8.68. The van der Waals surface area contributed by atoms with Crippen molar-refractivity contribution in [3.05, 3.63) is 12.3 Å². The Hall–Kier alpha value is -0.540. The fourth-order valence-electron chi connectivity index (χ4n) is 1.60. The van der Waals surface area contributed by atoms with E-state index in [-0.39, 0.29) is 6.23 Å². The molecule has 1 atom stereocenters. The first-order valence-corrected chi connectivity index (χ1v) is 5.05. The van der Waals surface area contributed by atoms with Gasteiger partial charge in [0.25, 0.3) is 0 Å². The number of hydrogen-bond donors (Lipinski definition) is 1. The van der Waals surface area contributed by atoms with Crippen LogP contribution in [0.3, 0.4) is 0 Å². The van der Waals surface area contributed by atoms with Gasteiger partial charge in [0.15, 0.2) is 0 Å².